The number of nitriles is 1. The van der Waals surface area contributed by atoms with Gasteiger partial charge in [-0.05, 0) is 12.1 Å². The van der Waals surface area contributed by atoms with Gasteiger partial charge in [0.25, 0.3) is 0 Å². The van der Waals surface area contributed by atoms with Crippen LogP contribution in [0.3, 0.4) is 0 Å². The second-order valence-electron chi connectivity index (χ2n) is 3.76. The summed E-state index contributed by atoms with van der Waals surface area (Å²) in [4.78, 5) is 10.0. The van der Waals surface area contributed by atoms with Crippen molar-refractivity contribution in [2.75, 3.05) is 24.4 Å². The molecule has 1 aromatic carbocycles. The van der Waals surface area contributed by atoms with Crippen LogP contribution in [0.1, 0.15) is 0 Å². The van der Waals surface area contributed by atoms with Crippen LogP contribution >= 0.6 is 0 Å². The van der Waals surface area contributed by atoms with Crippen LogP contribution in [-0.4, -0.2) is 24.1 Å². The Morgan fingerprint density at radius 3 is 2.89 bits per heavy atom. The molecule has 0 fully saturated rings. The van der Waals surface area contributed by atoms with Gasteiger partial charge in [0.2, 0.25) is 0 Å². The number of rotatable bonds is 4. The van der Waals surface area contributed by atoms with Gasteiger partial charge in [0.1, 0.15) is 23.7 Å². The Hall–Kier alpha value is -2.81. The Labute approximate surface area is 111 Å². The molecule has 1 aromatic heterocycles. The Morgan fingerprint density at radius 2 is 2.16 bits per heavy atom. The van der Waals surface area contributed by atoms with E-state index in [9.17, 15) is 0 Å². The summed E-state index contributed by atoms with van der Waals surface area (Å²) in [5.74, 6) is 1.91. The number of aromatic nitrogens is 2. The van der Waals surface area contributed by atoms with Crippen molar-refractivity contribution in [3.8, 4) is 11.9 Å². The first-order chi connectivity index (χ1) is 9.24. The van der Waals surface area contributed by atoms with Crippen LogP contribution in [0.4, 0.5) is 17.3 Å². The number of nitrogens with zero attached hydrogens (tertiary/aromatic N) is 4. The molecule has 0 saturated carbocycles. The standard InChI is InChI=1S/C13H13N5O/c1-18(10-4-3-5-11(6-10)19-2)13-7-12(15-8-14)16-9-17-13/h3-7,9H,1-2H3,(H,15,16,17). The van der Waals surface area contributed by atoms with Crippen LogP contribution in [0, 0.1) is 11.5 Å². The third kappa shape index (κ3) is 2.90. The molecule has 0 aliphatic carbocycles. The third-order valence-corrected chi connectivity index (χ3v) is 2.62. The molecular formula is C13H13N5O. The molecule has 2 rings (SSSR count). The lowest BCUT2D eigenvalue weighted by atomic mass is 10.3. The number of methoxy groups -OCH3 is 1. The molecule has 96 valence electrons. The first-order valence-corrected chi connectivity index (χ1v) is 5.59. The molecule has 1 heterocycles. The van der Waals surface area contributed by atoms with Crippen LogP contribution in [0.15, 0.2) is 36.7 Å². The molecular weight excluding hydrogens is 242 g/mol. The summed E-state index contributed by atoms with van der Waals surface area (Å²) in [5.41, 5.74) is 0.931. The number of ether oxygens (including phenoxy) is 1. The van der Waals surface area contributed by atoms with Gasteiger partial charge in [0.05, 0.1) is 7.11 Å². The predicted molar refractivity (Wildman–Crippen MR) is 72.3 cm³/mol. The molecule has 2 aromatic rings. The normalized spacial score (nSPS) is 9.53. The fourth-order valence-corrected chi connectivity index (χ4v) is 1.61. The van der Waals surface area contributed by atoms with Crippen molar-refractivity contribution in [2.45, 2.75) is 0 Å². The fraction of sp³-hybridized carbons (Fsp3) is 0.154. The highest BCUT2D eigenvalue weighted by Crippen LogP contribution is 2.25. The van der Waals surface area contributed by atoms with Crippen molar-refractivity contribution in [1.29, 1.82) is 5.26 Å². The third-order valence-electron chi connectivity index (χ3n) is 2.62. The Morgan fingerprint density at radius 1 is 1.32 bits per heavy atom. The molecule has 19 heavy (non-hydrogen) atoms. The van der Waals surface area contributed by atoms with Gasteiger partial charge in [0.15, 0.2) is 6.19 Å². The maximum Gasteiger partial charge on any atom is 0.182 e. The van der Waals surface area contributed by atoms with Gasteiger partial charge in [-0.15, -0.1) is 0 Å². The van der Waals surface area contributed by atoms with Crippen molar-refractivity contribution in [2.24, 2.45) is 0 Å². The largest absolute Gasteiger partial charge is 0.497 e. The molecule has 0 atom stereocenters. The molecule has 6 heteroatoms. The van der Waals surface area contributed by atoms with Gasteiger partial charge >= 0.3 is 0 Å². The smallest absolute Gasteiger partial charge is 0.182 e. The van der Waals surface area contributed by atoms with Crippen molar-refractivity contribution >= 4 is 17.3 Å². The van der Waals surface area contributed by atoms with Gasteiger partial charge in [-0.1, -0.05) is 6.07 Å². The second kappa shape index (κ2) is 5.69. The SMILES string of the molecule is COc1cccc(N(C)c2cc(NC#N)ncn2)c1. The lowest BCUT2D eigenvalue weighted by molar-refractivity contribution is 0.415. The van der Waals surface area contributed by atoms with Crippen LogP contribution in [0.25, 0.3) is 0 Å². The monoisotopic (exact) mass is 255 g/mol. The van der Waals surface area contributed by atoms with Gasteiger partial charge in [-0.2, -0.15) is 5.26 Å². The summed E-state index contributed by atoms with van der Waals surface area (Å²) in [5, 5.41) is 11.1. The number of benzene rings is 1. The van der Waals surface area contributed by atoms with Crippen LogP contribution in [0.5, 0.6) is 5.75 Å². The van der Waals surface area contributed by atoms with E-state index in [1.54, 1.807) is 13.2 Å². The molecule has 1 N–H and O–H groups in total. The topological polar surface area (TPSA) is 74.1 Å². The van der Waals surface area contributed by atoms with Gasteiger partial charge < -0.3 is 9.64 Å². The fourth-order valence-electron chi connectivity index (χ4n) is 1.61. The van der Waals surface area contributed by atoms with E-state index < -0.39 is 0 Å². The van der Waals surface area contributed by atoms with E-state index in [1.165, 1.54) is 6.33 Å². The molecule has 0 amide bonds. The molecule has 0 bridgehead atoms. The van der Waals surface area contributed by atoms with E-state index in [2.05, 4.69) is 15.3 Å². The highest BCUT2D eigenvalue weighted by atomic mass is 16.5. The van der Waals surface area contributed by atoms with E-state index in [4.69, 9.17) is 10.00 Å². The minimum absolute atomic E-state index is 0.460. The summed E-state index contributed by atoms with van der Waals surface area (Å²) in [7, 11) is 3.51. The van der Waals surface area contributed by atoms with E-state index >= 15 is 0 Å². The number of anilines is 3. The highest BCUT2D eigenvalue weighted by molar-refractivity contribution is 5.63. The molecule has 0 unspecified atom stereocenters. The van der Waals surface area contributed by atoms with Gasteiger partial charge in [0, 0.05) is 24.9 Å². The second-order valence-corrected chi connectivity index (χ2v) is 3.76. The summed E-state index contributed by atoms with van der Waals surface area (Å²) in [6.45, 7) is 0. The molecule has 0 saturated heterocycles. The van der Waals surface area contributed by atoms with Crippen molar-refractivity contribution in [3.63, 3.8) is 0 Å². The molecule has 0 aliphatic heterocycles. The summed E-state index contributed by atoms with van der Waals surface area (Å²) < 4.78 is 5.19. The number of hydrogen-bond donors (Lipinski definition) is 1. The van der Waals surface area contributed by atoms with Crippen LogP contribution < -0.4 is 15.0 Å². The summed E-state index contributed by atoms with van der Waals surface area (Å²) in [6, 6.07) is 9.32. The predicted octanol–water partition coefficient (Wildman–Crippen LogP) is 2.15. The van der Waals surface area contributed by atoms with Crippen LogP contribution in [-0.2, 0) is 0 Å². The van der Waals surface area contributed by atoms with Crippen molar-refractivity contribution in [1.82, 2.24) is 9.97 Å². The Balaban J connectivity index is 2.30. The van der Waals surface area contributed by atoms with Crippen LogP contribution in [0.2, 0.25) is 0 Å². The molecule has 0 aliphatic rings. The summed E-state index contributed by atoms with van der Waals surface area (Å²) in [6.07, 6.45) is 3.24. The maximum atomic E-state index is 8.58. The zero-order valence-electron chi connectivity index (χ0n) is 10.7. The molecule has 0 spiro atoms. The van der Waals surface area contributed by atoms with Gasteiger partial charge in [-0.25, -0.2) is 9.97 Å². The minimum atomic E-state index is 0.460. The van der Waals surface area contributed by atoms with E-state index in [1.807, 2.05) is 42.4 Å². The average molecular weight is 255 g/mol. The summed E-state index contributed by atoms with van der Waals surface area (Å²) >= 11 is 0. The quantitative estimate of drug-likeness (QED) is 0.666. The number of hydrogen-bond acceptors (Lipinski definition) is 6. The van der Waals surface area contributed by atoms with E-state index in [-0.39, 0.29) is 0 Å². The van der Waals surface area contributed by atoms with Gasteiger partial charge in [-0.3, -0.25) is 5.32 Å². The van der Waals surface area contributed by atoms with E-state index in [0.717, 1.165) is 11.4 Å². The van der Waals surface area contributed by atoms with Crippen molar-refractivity contribution in [3.05, 3.63) is 36.7 Å². The first-order valence-electron chi connectivity index (χ1n) is 5.59. The maximum absolute atomic E-state index is 8.58. The Bertz CT molecular complexity index is 608. The average Bonchev–Trinajstić information content (AvgIpc) is 2.47. The highest BCUT2D eigenvalue weighted by Gasteiger charge is 2.07. The van der Waals surface area contributed by atoms with E-state index in [0.29, 0.717) is 11.6 Å². The zero-order chi connectivity index (χ0) is 13.7. The number of nitrogens with one attached hydrogen (secondary N) is 1. The molecule has 6 nitrogen and oxygen atoms in total. The lowest BCUT2D eigenvalue weighted by Crippen LogP contribution is -2.11. The Kier molecular flexibility index (Phi) is 3.78. The molecule has 0 radical (unpaired) electrons. The minimum Gasteiger partial charge on any atom is -0.497 e. The van der Waals surface area contributed by atoms with Crippen molar-refractivity contribution < 1.29 is 4.74 Å². The zero-order valence-corrected chi connectivity index (χ0v) is 10.7. The first kappa shape index (κ1) is 12.6. The lowest BCUT2D eigenvalue weighted by Gasteiger charge is -2.18.